The van der Waals surface area contributed by atoms with Crippen LogP contribution in [-0.4, -0.2) is 17.2 Å². The molecule has 0 radical (unpaired) electrons. The van der Waals surface area contributed by atoms with Gasteiger partial charge in [0.2, 0.25) is 0 Å². The summed E-state index contributed by atoms with van der Waals surface area (Å²) in [5, 5.41) is 0. The summed E-state index contributed by atoms with van der Waals surface area (Å²) < 4.78 is 5.43. The second kappa shape index (κ2) is 5.57. The molecule has 1 aromatic heterocycles. The van der Waals surface area contributed by atoms with E-state index in [0.29, 0.717) is 5.75 Å². The van der Waals surface area contributed by atoms with Gasteiger partial charge in [-0.2, -0.15) is 11.8 Å². The molecule has 0 aliphatic carbocycles. The lowest BCUT2D eigenvalue weighted by atomic mass is 10.1. The standard InChI is InChI=1S/C11H19N3O2S/c1-7-4-8(5-17-6-11(2,3)12)16-9(7)10(15)14-13/h4H,5-6,12-13H2,1-3H3,(H,14,15). The average molecular weight is 257 g/mol. The number of amides is 1. The predicted octanol–water partition coefficient (Wildman–Crippen LogP) is 1.16. The van der Waals surface area contributed by atoms with Crippen molar-refractivity contribution in [3.05, 3.63) is 23.2 Å². The molecule has 5 nitrogen and oxygen atoms in total. The van der Waals surface area contributed by atoms with Crippen molar-refractivity contribution in [3.8, 4) is 0 Å². The second-order valence-electron chi connectivity index (χ2n) is 4.68. The second-order valence-corrected chi connectivity index (χ2v) is 5.67. The lowest BCUT2D eigenvalue weighted by molar-refractivity contribution is 0.0923. The van der Waals surface area contributed by atoms with Crippen LogP contribution in [0.15, 0.2) is 10.5 Å². The molecule has 5 N–H and O–H groups in total. The van der Waals surface area contributed by atoms with Gasteiger partial charge in [-0.25, -0.2) is 5.84 Å². The third-order valence-corrected chi connectivity index (χ3v) is 3.46. The Morgan fingerprint density at radius 2 is 2.24 bits per heavy atom. The zero-order valence-electron chi connectivity index (χ0n) is 10.4. The molecule has 0 aliphatic heterocycles. The summed E-state index contributed by atoms with van der Waals surface area (Å²) in [6.07, 6.45) is 0. The molecule has 0 saturated carbocycles. The van der Waals surface area contributed by atoms with Gasteiger partial charge < -0.3 is 10.2 Å². The summed E-state index contributed by atoms with van der Waals surface area (Å²) in [4.78, 5) is 11.3. The number of furan rings is 1. The van der Waals surface area contributed by atoms with Crippen LogP contribution in [0.1, 0.15) is 35.7 Å². The highest BCUT2D eigenvalue weighted by molar-refractivity contribution is 7.98. The highest BCUT2D eigenvalue weighted by Crippen LogP contribution is 2.21. The van der Waals surface area contributed by atoms with E-state index < -0.39 is 5.91 Å². The number of carbonyl (C=O) groups excluding carboxylic acids is 1. The molecule has 0 unspecified atom stereocenters. The van der Waals surface area contributed by atoms with E-state index in [1.165, 1.54) is 0 Å². The molecule has 1 heterocycles. The highest BCUT2D eigenvalue weighted by atomic mass is 32.2. The summed E-state index contributed by atoms with van der Waals surface area (Å²) in [6.45, 7) is 5.76. The van der Waals surface area contributed by atoms with Crippen LogP contribution >= 0.6 is 11.8 Å². The van der Waals surface area contributed by atoms with Crippen molar-refractivity contribution in [3.63, 3.8) is 0 Å². The van der Waals surface area contributed by atoms with Crippen LogP contribution in [0, 0.1) is 6.92 Å². The zero-order chi connectivity index (χ0) is 13.1. The minimum Gasteiger partial charge on any atom is -0.455 e. The fourth-order valence-corrected chi connectivity index (χ4v) is 2.30. The fraction of sp³-hybridized carbons (Fsp3) is 0.545. The Bertz CT molecular complexity index is 396. The number of rotatable bonds is 5. The third-order valence-electron chi connectivity index (χ3n) is 2.02. The van der Waals surface area contributed by atoms with Crippen LogP contribution < -0.4 is 17.0 Å². The van der Waals surface area contributed by atoms with Gasteiger partial charge in [0.25, 0.3) is 0 Å². The van der Waals surface area contributed by atoms with Gasteiger partial charge in [0.1, 0.15) is 5.76 Å². The molecule has 0 spiro atoms. The lowest BCUT2D eigenvalue weighted by Crippen LogP contribution is -2.34. The third kappa shape index (κ3) is 4.41. The predicted molar refractivity (Wildman–Crippen MR) is 69.5 cm³/mol. The molecule has 6 heteroatoms. The van der Waals surface area contributed by atoms with E-state index in [4.69, 9.17) is 16.0 Å². The van der Waals surface area contributed by atoms with Crippen molar-refractivity contribution < 1.29 is 9.21 Å². The summed E-state index contributed by atoms with van der Waals surface area (Å²) in [7, 11) is 0. The van der Waals surface area contributed by atoms with Crippen molar-refractivity contribution in [1.29, 1.82) is 0 Å². The molecule has 96 valence electrons. The monoisotopic (exact) mass is 257 g/mol. The number of hydrogen-bond donors (Lipinski definition) is 3. The smallest absolute Gasteiger partial charge is 0.301 e. The molecule has 0 aromatic carbocycles. The average Bonchev–Trinajstić information content (AvgIpc) is 2.57. The maximum Gasteiger partial charge on any atom is 0.301 e. The Kier molecular flexibility index (Phi) is 4.62. The van der Waals surface area contributed by atoms with Crippen molar-refractivity contribution in [1.82, 2.24) is 5.43 Å². The van der Waals surface area contributed by atoms with Crippen LogP contribution in [0.25, 0.3) is 0 Å². The summed E-state index contributed by atoms with van der Waals surface area (Å²) >= 11 is 1.67. The molecule has 1 rings (SSSR count). The van der Waals surface area contributed by atoms with E-state index in [-0.39, 0.29) is 11.3 Å². The van der Waals surface area contributed by atoms with E-state index in [9.17, 15) is 4.79 Å². The Labute approximate surface area is 105 Å². The van der Waals surface area contributed by atoms with Crippen molar-refractivity contribution in [2.24, 2.45) is 11.6 Å². The maximum absolute atomic E-state index is 11.3. The molecule has 0 saturated heterocycles. The van der Waals surface area contributed by atoms with Crippen molar-refractivity contribution in [2.75, 3.05) is 5.75 Å². The molecular weight excluding hydrogens is 238 g/mol. The van der Waals surface area contributed by atoms with Gasteiger partial charge in [-0.3, -0.25) is 10.2 Å². The van der Waals surface area contributed by atoms with Gasteiger partial charge in [0, 0.05) is 16.9 Å². The van der Waals surface area contributed by atoms with Crippen LogP contribution in [0.5, 0.6) is 0 Å². The van der Waals surface area contributed by atoms with E-state index in [0.717, 1.165) is 17.1 Å². The lowest BCUT2D eigenvalue weighted by Gasteiger charge is -2.16. The molecule has 17 heavy (non-hydrogen) atoms. The Morgan fingerprint density at radius 1 is 1.59 bits per heavy atom. The molecule has 1 amide bonds. The topological polar surface area (TPSA) is 94.3 Å². The van der Waals surface area contributed by atoms with Gasteiger partial charge in [-0.15, -0.1) is 0 Å². The fourth-order valence-electron chi connectivity index (χ4n) is 1.32. The van der Waals surface area contributed by atoms with E-state index in [2.05, 4.69) is 5.43 Å². The molecule has 0 fully saturated rings. The quantitative estimate of drug-likeness (QED) is 0.418. The molecule has 0 bridgehead atoms. The molecule has 0 atom stereocenters. The van der Waals surface area contributed by atoms with E-state index in [1.807, 2.05) is 26.8 Å². The van der Waals surface area contributed by atoms with Crippen LogP contribution in [-0.2, 0) is 5.75 Å². The first-order chi connectivity index (χ1) is 7.83. The number of nitrogens with one attached hydrogen (secondary N) is 1. The first kappa shape index (κ1) is 14.1. The van der Waals surface area contributed by atoms with Crippen molar-refractivity contribution in [2.45, 2.75) is 32.1 Å². The van der Waals surface area contributed by atoms with E-state index in [1.54, 1.807) is 11.8 Å². The van der Waals surface area contributed by atoms with Gasteiger partial charge >= 0.3 is 5.91 Å². The SMILES string of the molecule is Cc1cc(CSCC(C)(C)N)oc1C(=O)NN. The van der Waals surface area contributed by atoms with Crippen LogP contribution in [0.3, 0.4) is 0 Å². The number of nitrogens with two attached hydrogens (primary N) is 2. The normalized spacial score (nSPS) is 11.6. The zero-order valence-corrected chi connectivity index (χ0v) is 11.2. The Morgan fingerprint density at radius 3 is 2.76 bits per heavy atom. The molecule has 1 aromatic rings. The summed E-state index contributed by atoms with van der Waals surface area (Å²) in [5.74, 6) is 7.20. The van der Waals surface area contributed by atoms with E-state index >= 15 is 0 Å². The number of thioether (sulfide) groups is 1. The Hall–Kier alpha value is -0.980. The molecule has 0 aliphatic rings. The molecular formula is C11H19N3O2S. The Balaban J connectivity index is 2.59. The van der Waals surface area contributed by atoms with Gasteiger partial charge in [-0.1, -0.05) is 0 Å². The van der Waals surface area contributed by atoms with Crippen molar-refractivity contribution >= 4 is 17.7 Å². The number of hydrazine groups is 1. The first-order valence-corrected chi connectivity index (χ1v) is 6.46. The van der Waals surface area contributed by atoms with Crippen LogP contribution in [0.4, 0.5) is 0 Å². The summed E-state index contributed by atoms with van der Waals surface area (Å²) in [6, 6.07) is 1.85. The number of hydrogen-bond acceptors (Lipinski definition) is 5. The number of aryl methyl sites for hydroxylation is 1. The first-order valence-electron chi connectivity index (χ1n) is 5.30. The minimum absolute atomic E-state index is 0.205. The number of carbonyl (C=O) groups is 1. The van der Waals surface area contributed by atoms with Crippen LogP contribution in [0.2, 0.25) is 0 Å². The largest absolute Gasteiger partial charge is 0.455 e. The maximum atomic E-state index is 11.3. The van der Waals surface area contributed by atoms with Gasteiger partial charge in [0.05, 0.1) is 5.75 Å². The highest BCUT2D eigenvalue weighted by Gasteiger charge is 2.15. The summed E-state index contributed by atoms with van der Waals surface area (Å²) in [5.41, 5.74) is 8.51. The van der Waals surface area contributed by atoms with Gasteiger partial charge in [-0.05, 0) is 26.8 Å². The minimum atomic E-state index is -0.405. The van der Waals surface area contributed by atoms with Gasteiger partial charge in [0.15, 0.2) is 5.76 Å². The number of nitrogen functional groups attached to an aromatic ring is 1.